The Morgan fingerprint density at radius 3 is 2.63 bits per heavy atom. The second-order valence-electron chi connectivity index (χ2n) is 4.59. The van der Waals surface area contributed by atoms with Crippen molar-refractivity contribution in [2.75, 3.05) is 7.05 Å². The van der Waals surface area contributed by atoms with Gasteiger partial charge in [0.25, 0.3) is 0 Å². The van der Waals surface area contributed by atoms with E-state index >= 15 is 0 Å². The first-order valence-electron chi connectivity index (χ1n) is 6.31. The van der Waals surface area contributed by atoms with Crippen LogP contribution in [0.5, 0.6) is 11.5 Å². The first-order chi connectivity index (χ1) is 9.10. The normalized spacial score (nSPS) is 12.2. The lowest BCUT2D eigenvalue weighted by Gasteiger charge is -2.13. The molecule has 0 bridgehead atoms. The van der Waals surface area contributed by atoms with Crippen molar-refractivity contribution in [1.82, 2.24) is 5.32 Å². The number of rotatable bonds is 4. The zero-order valence-electron chi connectivity index (χ0n) is 11.4. The Labute approximate surface area is 113 Å². The zero-order valence-corrected chi connectivity index (χ0v) is 11.4. The van der Waals surface area contributed by atoms with E-state index in [0.717, 1.165) is 16.9 Å². The van der Waals surface area contributed by atoms with Crippen LogP contribution in [-0.4, -0.2) is 7.05 Å². The lowest BCUT2D eigenvalue weighted by molar-refractivity contribution is 0.474. The van der Waals surface area contributed by atoms with Crippen LogP contribution in [0.1, 0.15) is 24.1 Å². The van der Waals surface area contributed by atoms with Crippen LogP contribution in [0.25, 0.3) is 0 Å². The topological polar surface area (TPSA) is 21.3 Å². The number of hydrogen-bond donors (Lipinski definition) is 1. The summed E-state index contributed by atoms with van der Waals surface area (Å²) in [4.78, 5) is 0. The maximum Gasteiger partial charge on any atom is 0.130 e. The van der Waals surface area contributed by atoms with Crippen molar-refractivity contribution < 1.29 is 9.13 Å². The van der Waals surface area contributed by atoms with Crippen molar-refractivity contribution in [1.29, 1.82) is 0 Å². The highest BCUT2D eigenvalue weighted by molar-refractivity contribution is 5.39. The van der Waals surface area contributed by atoms with Gasteiger partial charge in [-0.3, -0.25) is 0 Å². The summed E-state index contributed by atoms with van der Waals surface area (Å²) >= 11 is 0. The van der Waals surface area contributed by atoms with Crippen LogP contribution in [0, 0.1) is 12.7 Å². The lowest BCUT2D eigenvalue weighted by Crippen LogP contribution is -2.12. The molecule has 0 heterocycles. The average Bonchev–Trinajstić information content (AvgIpc) is 2.41. The summed E-state index contributed by atoms with van der Waals surface area (Å²) in [6, 6.07) is 12.7. The van der Waals surface area contributed by atoms with Gasteiger partial charge < -0.3 is 10.1 Å². The van der Waals surface area contributed by atoms with Crippen LogP contribution < -0.4 is 10.1 Å². The van der Waals surface area contributed by atoms with Crippen molar-refractivity contribution in [2.45, 2.75) is 19.9 Å². The van der Waals surface area contributed by atoms with E-state index < -0.39 is 0 Å². The van der Waals surface area contributed by atoms with Crippen LogP contribution in [0.2, 0.25) is 0 Å². The smallest absolute Gasteiger partial charge is 0.130 e. The van der Waals surface area contributed by atoms with Crippen molar-refractivity contribution in [3.05, 3.63) is 59.4 Å². The van der Waals surface area contributed by atoms with Gasteiger partial charge in [-0.15, -0.1) is 0 Å². The highest BCUT2D eigenvalue weighted by Crippen LogP contribution is 2.27. The van der Waals surface area contributed by atoms with Gasteiger partial charge in [-0.1, -0.05) is 12.1 Å². The van der Waals surface area contributed by atoms with E-state index in [1.165, 1.54) is 12.1 Å². The van der Waals surface area contributed by atoms with Gasteiger partial charge >= 0.3 is 0 Å². The van der Waals surface area contributed by atoms with Gasteiger partial charge in [0, 0.05) is 6.04 Å². The maximum atomic E-state index is 13.0. The van der Waals surface area contributed by atoms with Gasteiger partial charge in [0.05, 0.1) is 0 Å². The summed E-state index contributed by atoms with van der Waals surface area (Å²) in [7, 11) is 1.92. The van der Waals surface area contributed by atoms with Crippen LogP contribution >= 0.6 is 0 Å². The molecule has 0 saturated carbocycles. The predicted octanol–water partition coefficient (Wildman–Crippen LogP) is 4.21. The highest BCUT2D eigenvalue weighted by Gasteiger charge is 2.06. The molecule has 0 radical (unpaired) electrons. The summed E-state index contributed by atoms with van der Waals surface area (Å²) in [5.41, 5.74) is 1.94. The van der Waals surface area contributed by atoms with Gasteiger partial charge in [0.15, 0.2) is 0 Å². The molecular formula is C16H18FNO. The summed E-state index contributed by atoms with van der Waals surface area (Å²) in [6.07, 6.45) is 0. The van der Waals surface area contributed by atoms with Gasteiger partial charge in [0.1, 0.15) is 17.3 Å². The molecule has 0 aromatic heterocycles. The lowest BCUT2D eigenvalue weighted by atomic mass is 10.1. The van der Waals surface area contributed by atoms with Gasteiger partial charge in [0.2, 0.25) is 0 Å². The summed E-state index contributed by atoms with van der Waals surface area (Å²) in [6.45, 7) is 3.92. The van der Waals surface area contributed by atoms with Crippen LogP contribution in [0.15, 0.2) is 42.5 Å². The molecule has 0 aliphatic heterocycles. The summed E-state index contributed by atoms with van der Waals surface area (Å²) in [5.74, 6) is 1.19. The zero-order chi connectivity index (χ0) is 13.8. The molecule has 2 rings (SSSR count). The first kappa shape index (κ1) is 13.6. The quantitative estimate of drug-likeness (QED) is 0.888. The highest BCUT2D eigenvalue weighted by atomic mass is 19.1. The minimum Gasteiger partial charge on any atom is -0.457 e. The van der Waals surface area contributed by atoms with E-state index in [-0.39, 0.29) is 11.9 Å². The van der Waals surface area contributed by atoms with Crippen molar-refractivity contribution in [2.24, 2.45) is 0 Å². The van der Waals surface area contributed by atoms with Crippen molar-refractivity contribution in [3.8, 4) is 11.5 Å². The average molecular weight is 259 g/mol. The van der Waals surface area contributed by atoms with E-state index in [1.807, 2.05) is 38.2 Å². The summed E-state index contributed by atoms with van der Waals surface area (Å²) < 4.78 is 18.8. The third kappa shape index (κ3) is 3.32. The fourth-order valence-electron chi connectivity index (χ4n) is 1.87. The fourth-order valence-corrected chi connectivity index (χ4v) is 1.87. The first-order valence-corrected chi connectivity index (χ1v) is 6.31. The molecule has 0 fully saturated rings. The summed E-state index contributed by atoms with van der Waals surface area (Å²) in [5, 5.41) is 3.19. The van der Waals surface area contributed by atoms with Crippen LogP contribution in [0.4, 0.5) is 4.39 Å². The standard InChI is InChI=1S/C16H18FNO/c1-11-9-14(17)7-8-16(11)19-15-6-4-5-13(10-15)12(2)18-3/h4-10,12,18H,1-3H3. The number of hydrogen-bond acceptors (Lipinski definition) is 2. The molecule has 0 saturated heterocycles. The Balaban J connectivity index is 2.23. The van der Waals surface area contributed by atoms with Gasteiger partial charge in [-0.05, 0) is 62.4 Å². The largest absolute Gasteiger partial charge is 0.457 e. The SMILES string of the molecule is CNC(C)c1cccc(Oc2ccc(F)cc2C)c1. The molecule has 100 valence electrons. The minimum atomic E-state index is -0.248. The number of ether oxygens (including phenoxy) is 1. The molecule has 1 N–H and O–H groups in total. The van der Waals surface area contributed by atoms with E-state index in [1.54, 1.807) is 6.07 Å². The minimum absolute atomic E-state index is 0.248. The third-order valence-corrected chi connectivity index (χ3v) is 3.16. The molecule has 0 amide bonds. The Bertz CT molecular complexity index is 568. The number of nitrogens with one attached hydrogen (secondary N) is 1. The molecule has 0 aliphatic rings. The Morgan fingerprint density at radius 1 is 1.16 bits per heavy atom. The second kappa shape index (κ2) is 5.85. The molecule has 2 aromatic rings. The number of benzene rings is 2. The van der Waals surface area contributed by atoms with E-state index in [4.69, 9.17) is 4.74 Å². The monoisotopic (exact) mass is 259 g/mol. The molecule has 19 heavy (non-hydrogen) atoms. The van der Waals surface area contributed by atoms with Gasteiger partial charge in [-0.25, -0.2) is 4.39 Å². The molecule has 1 atom stereocenters. The van der Waals surface area contributed by atoms with Crippen LogP contribution in [0.3, 0.4) is 0 Å². The van der Waals surface area contributed by atoms with Crippen molar-refractivity contribution >= 4 is 0 Å². The fraction of sp³-hybridized carbons (Fsp3) is 0.250. The second-order valence-corrected chi connectivity index (χ2v) is 4.59. The number of aryl methyl sites for hydroxylation is 1. The molecule has 2 aromatic carbocycles. The third-order valence-electron chi connectivity index (χ3n) is 3.16. The molecule has 0 aliphatic carbocycles. The van der Waals surface area contributed by atoms with Crippen molar-refractivity contribution in [3.63, 3.8) is 0 Å². The van der Waals surface area contributed by atoms with E-state index in [2.05, 4.69) is 12.2 Å². The van der Waals surface area contributed by atoms with E-state index in [0.29, 0.717) is 5.75 Å². The molecule has 0 spiro atoms. The molecule has 3 heteroatoms. The molecular weight excluding hydrogens is 241 g/mol. The number of halogens is 1. The predicted molar refractivity (Wildman–Crippen MR) is 75.1 cm³/mol. The van der Waals surface area contributed by atoms with Gasteiger partial charge in [-0.2, -0.15) is 0 Å². The van der Waals surface area contributed by atoms with Crippen LogP contribution in [-0.2, 0) is 0 Å². The molecule has 2 nitrogen and oxygen atoms in total. The molecule has 1 unspecified atom stereocenters. The Morgan fingerprint density at radius 2 is 1.95 bits per heavy atom. The Kier molecular flexibility index (Phi) is 4.17. The Hall–Kier alpha value is -1.87. The van der Waals surface area contributed by atoms with E-state index in [9.17, 15) is 4.39 Å². The maximum absolute atomic E-state index is 13.0.